The SMILES string of the molecule is C=CCN(CC=C)C(=O)N1CCC(OC)(C(=O)O)CC1. The second kappa shape index (κ2) is 7.09. The number of hydrogen-bond donors (Lipinski definition) is 1. The fourth-order valence-electron chi connectivity index (χ4n) is 2.31. The fraction of sp³-hybridized carbons (Fsp3) is 0.571. The zero-order valence-electron chi connectivity index (χ0n) is 11.9. The molecule has 2 amide bonds. The van der Waals surface area contributed by atoms with Crippen LogP contribution in [0.3, 0.4) is 0 Å². The average Bonchev–Trinajstić information content (AvgIpc) is 2.46. The van der Waals surface area contributed by atoms with Crippen LogP contribution in [0.15, 0.2) is 25.3 Å². The number of piperidine rings is 1. The zero-order valence-corrected chi connectivity index (χ0v) is 11.9. The van der Waals surface area contributed by atoms with Crippen LogP contribution in [0, 0.1) is 0 Å². The highest BCUT2D eigenvalue weighted by atomic mass is 16.5. The standard InChI is InChI=1S/C14H22N2O4/c1-4-8-15(9-5-2)13(19)16-10-6-14(20-3,7-11-16)12(17)18/h4-5H,1-2,6-11H2,3H3,(H,17,18). The number of carboxylic acids is 1. The molecular formula is C14H22N2O4. The van der Waals surface area contributed by atoms with Crippen LogP contribution in [-0.4, -0.2) is 65.8 Å². The fourth-order valence-corrected chi connectivity index (χ4v) is 2.31. The third-order valence-corrected chi connectivity index (χ3v) is 3.59. The van der Waals surface area contributed by atoms with Crippen LogP contribution >= 0.6 is 0 Å². The predicted octanol–water partition coefficient (Wildman–Crippen LogP) is 1.35. The Balaban J connectivity index is 2.68. The van der Waals surface area contributed by atoms with Crippen LogP contribution in [0.2, 0.25) is 0 Å². The molecule has 112 valence electrons. The normalized spacial score (nSPS) is 17.4. The smallest absolute Gasteiger partial charge is 0.336 e. The van der Waals surface area contributed by atoms with Gasteiger partial charge in [0.15, 0.2) is 5.60 Å². The van der Waals surface area contributed by atoms with E-state index >= 15 is 0 Å². The molecule has 6 nitrogen and oxygen atoms in total. The summed E-state index contributed by atoms with van der Waals surface area (Å²) in [5, 5.41) is 9.23. The number of carbonyl (C=O) groups excluding carboxylic acids is 1. The van der Waals surface area contributed by atoms with E-state index in [-0.39, 0.29) is 6.03 Å². The molecular weight excluding hydrogens is 260 g/mol. The lowest BCUT2D eigenvalue weighted by Crippen LogP contribution is -2.54. The van der Waals surface area contributed by atoms with Gasteiger partial charge in [-0.1, -0.05) is 12.2 Å². The lowest BCUT2D eigenvalue weighted by atomic mass is 9.91. The summed E-state index contributed by atoms with van der Waals surface area (Å²) in [6.07, 6.45) is 3.89. The van der Waals surface area contributed by atoms with Gasteiger partial charge in [-0.15, -0.1) is 13.2 Å². The van der Waals surface area contributed by atoms with Crippen molar-refractivity contribution >= 4 is 12.0 Å². The summed E-state index contributed by atoms with van der Waals surface area (Å²) < 4.78 is 5.14. The van der Waals surface area contributed by atoms with Crippen LogP contribution in [0.4, 0.5) is 4.79 Å². The first-order valence-electron chi connectivity index (χ1n) is 6.55. The van der Waals surface area contributed by atoms with Crippen molar-refractivity contribution in [1.29, 1.82) is 0 Å². The lowest BCUT2D eigenvalue weighted by molar-refractivity contribution is -0.167. The summed E-state index contributed by atoms with van der Waals surface area (Å²) in [5.74, 6) is -0.971. The summed E-state index contributed by atoms with van der Waals surface area (Å²) in [7, 11) is 1.40. The molecule has 0 saturated carbocycles. The Morgan fingerprint density at radius 2 is 1.80 bits per heavy atom. The summed E-state index contributed by atoms with van der Waals surface area (Å²) in [4.78, 5) is 26.8. The van der Waals surface area contributed by atoms with E-state index in [4.69, 9.17) is 4.74 Å². The topological polar surface area (TPSA) is 70.1 Å². The molecule has 0 bridgehead atoms. The molecule has 0 aliphatic carbocycles. The van der Waals surface area contributed by atoms with Gasteiger partial charge in [-0.05, 0) is 0 Å². The molecule has 0 atom stereocenters. The molecule has 1 saturated heterocycles. The molecule has 0 radical (unpaired) electrons. The van der Waals surface area contributed by atoms with Gasteiger partial charge in [-0.3, -0.25) is 0 Å². The first-order valence-corrected chi connectivity index (χ1v) is 6.55. The van der Waals surface area contributed by atoms with E-state index < -0.39 is 11.6 Å². The summed E-state index contributed by atoms with van der Waals surface area (Å²) in [5.41, 5.74) is -1.17. The summed E-state index contributed by atoms with van der Waals surface area (Å²) in [6.45, 7) is 8.86. The number of methoxy groups -OCH3 is 1. The van der Waals surface area contributed by atoms with Crippen molar-refractivity contribution in [2.45, 2.75) is 18.4 Å². The molecule has 0 aromatic heterocycles. The highest BCUT2D eigenvalue weighted by molar-refractivity contribution is 5.79. The number of rotatable bonds is 6. The number of amides is 2. The number of carboxylic acid groups (broad SMARTS) is 1. The van der Waals surface area contributed by atoms with Crippen LogP contribution in [-0.2, 0) is 9.53 Å². The van der Waals surface area contributed by atoms with Crippen molar-refractivity contribution in [3.8, 4) is 0 Å². The molecule has 1 rings (SSSR count). The van der Waals surface area contributed by atoms with Crippen LogP contribution in [0.25, 0.3) is 0 Å². The highest BCUT2D eigenvalue weighted by Gasteiger charge is 2.43. The third kappa shape index (κ3) is 3.39. The van der Waals surface area contributed by atoms with E-state index in [0.29, 0.717) is 39.0 Å². The third-order valence-electron chi connectivity index (χ3n) is 3.59. The molecule has 1 heterocycles. The first kappa shape index (κ1) is 16.2. The number of likely N-dealkylation sites (tertiary alicyclic amines) is 1. The monoisotopic (exact) mass is 282 g/mol. The average molecular weight is 282 g/mol. The maximum atomic E-state index is 12.3. The molecule has 20 heavy (non-hydrogen) atoms. The number of carbonyl (C=O) groups is 2. The molecule has 0 aromatic carbocycles. The summed E-state index contributed by atoms with van der Waals surface area (Å²) >= 11 is 0. The molecule has 1 aliphatic rings. The van der Waals surface area contributed by atoms with E-state index in [0.717, 1.165) is 0 Å². The van der Waals surface area contributed by atoms with E-state index in [9.17, 15) is 14.7 Å². The minimum Gasteiger partial charge on any atom is -0.479 e. The van der Waals surface area contributed by atoms with Gasteiger partial charge in [-0.25, -0.2) is 9.59 Å². The first-order chi connectivity index (χ1) is 9.50. The largest absolute Gasteiger partial charge is 0.479 e. The second-order valence-corrected chi connectivity index (χ2v) is 4.76. The van der Waals surface area contributed by atoms with E-state index in [2.05, 4.69) is 13.2 Å². The minimum atomic E-state index is -1.17. The number of ether oxygens (including phenoxy) is 1. The Bertz CT molecular complexity index is 377. The Hall–Kier alpha value is -1.82. The van der Waals surface area contributed by atoms with Crippen molar-refractivity contribution in [2.75, 3.05) is 33.3 Å². The van der Waals surface area contributed by atoms with Gasteiger partial charge in [-0.2, -0.15) is 0 Å². The summed E-state index contributed by atoms with van der Waals surface area (Å²) in [6, 6.07) is -0.125. The molecule has 0 unspecified atom stereocenters. The van der Waals surface area contributed by atoms with Crippen LogP contribution in [0.1, 0.15) is 12.8 Å². The van der Waals surface area contributed by atoms with Crippen LogP contribution < -0.4 is 0 Å². The predicted molar refractivity (Wildman–Crippen MR) is 75.5 cm³/mol. The van der Waals surface area contributed by atoms with Gasteiger partial charge < -0.3 is 19.6 Å². The van der Waals surface area contributed by atoms with Gasteiger partial charge in [0.1, 0.15) is 0 Å². The van der Waals surface area contributed by atoms with Gasteiger partial charge in [0.2, 0.25) is 0 Å². The number of hydrogen-bond acceptors (Lipinski definition) is 3. The molecule has 6 heteroatoms. The molecule has 0 spiro atoms. The molecule has 1 N–H and O–H groups in total. The Labute approximate surface area is 119 Å². The Kier molecular flexibility index (Phi) is 5.76. The second-order valence-electron chi connectivity index (χ2n) is 4.76. The van der Waals surface area contributed by atoms with E-state index in [1.165, 1.54) is 7.11 Å². The van der Waals surface area contributed by atoms with Gasteiger partial charge in [0.05, 0.1) is 0 Å². The van der Waals surface area contributed by atoms with Crippen molar-refractivity contribution in [2.24, 2.45) is 0 Å². The maximum Gasteiger partial charge on any atom is 0.336 e. The minimum absolute atomic E-state index is 0.125. The Morgan fingerprint density at radius 3 is 2.15 bits per heavy atom. The van der Waals surface area contributed by atoms with Crippen molar-refractivity contribution in [3.05, 3.63) is 25.3 Å². The van der Waals surface area contributed by atoms with Crippen molar-refractivity contribution in [3.63, 3.8) is 0 Å². The molecule has 1 fully saturated rings. The maximum absolute atomic E-state index is 12.3. The van der Waals surface area contributed by atoms with Crippen LogP contribution in [0.5, 0.6) is 0 Å². The van der Waals surface area contributed by atoms with E-state index in [1.807, 2.05) is 0 Å². The van der Waals surface area contributed by atoms with Gasteiger partial charge in [0.25, 0.3) is 0 Å². The lowest BCUT2D eigenvalue weighted by Gasteiger charge is -2.39. The van der Waals surface area contributed by atoms with Crippen molar-refractivity contribution < 1.29 is 19.4 Å². The number of nitrogens with zero attached hydrogens (tertiary/aromatic N) is 2. The molecule has 0 aromatic rings. The van der Waals surface area contributed by atoms with E-state index in [1.54, 1.807) is 22.0 Å². The molecule has 1 aliphatic heterocycles. The highest BCUT2D eigenvalue weighted by Crippen LogP contribution is 2.26. The van der Waals surface area contributed by atoms with Crippen molar-refractivity contribution in [1.82, 2.24) is 9.80 Å². The quantitative estimate of drug-likeness (QED) is 0.746. The van der Waals surface area contributed by atoms with Gasteiger partial charge in [0, 0.05) is 46.1 Å². The zero-order chi connectivity index (χ0) is 15.2. The Morgan fingerprint density at radius 1 is 1.30 bits per heavy atom. The van der Waals surface area contributed by atoms with Gasteiger partial charge >= 0.3 is 12.0 Å². The number of aliphatic carboxylic acids is 1. The number of urea groups is 1.